The fraction of sp³-hybridized carbons (Fsp3) is 0.500. The molecular formula is C16H18N2O5. The van der Waals surface area contributed by atoms with E-state index in [0.717, 1.165) is 37.8 Å². The first-order chi connectivity index (χ1) is 10.9. The Labute approximate surface area is 133 Å². The van der Waals surface area contributed by atoms with Crippen LogP contribution in [0.4, 0.5) is 5.69 Å². The molecule has 2 aliphatic carbocycles. The minimum absolute atomic E-state index is 0.0606. The van der Waals surface area contributed by atoms with E-state index in [1.165, 1.54) is 6.07 Å². The van der Waals surface area contributed by atoms with Gasteiger partial charge in [-0.2, -0.15) is 0 Å². The fourth-order valence-electron chi connectivity index (χ4n) is 3.20. The summed E-state index contributed by atoms with van der Waals surface area (Å²) in [4.78, 5) is 35.8. The van der Waals surface area contributed by atoms with Crippen molar-refractivity contribution in [3.05, 3.63) is 39.4 Å². The molecule has 2 saturated carbocycles. The highest BCUT2D eigenvalue weighted by molar-refractivity contribution is 5.98. The SMILES string of the molecule is CN(C(=O)c1cc(C(=O)O)cc([N+](=O)[O-])c1)C(C1CC1)C1CC1. The minimum atomic E-state index is -1.29. The molecule has 1 N–H and O–H groups in total. The summed E-state index contributed by atoms with van der Waals surface area (Å²) in [6.45, 7) is 0. The number of carboxylic acid groups (broad SMARTS) is 1. The largest absolute Gasteiger partial charge is 0.478 e. The molecule has 0 aliphatic heterocycles. The van der Waals surface area contributed by atoms with Crippen LogP contribution < -0.4 is 0 Å². The number of non-ortho nitro benzene ring substituents is 1. The second kappa shape index (κ2) is 5.64. The number of amides is 1. The lowest BCUT2D eigenvalue weighted by atomic mass is 10.0. The summed E-state index contributed by atoms with van der Waals surface area (Å²) in [5.41, 5.74) is -0.563. The zero-order valence-corrected chi connectivity index (χ0v) is 12.8. The van der Waals surface area contributed by atoms with Crippen molar-refractivity contribution >= 4 is 17.6 Å². The Bertz CT molecular complexity index is 635. The van der Waals surface area contributed by atoms with Gasteiger partial charge in [0.25, 0.3) is 11.6 Å². The Morgan fingerprint density at radius 2 is 1.70 bits per heavy atom. The molecule has 7 heteroatoms. The van der Waals surface area contributed by atoms with E-state index in [9.17, 15) is 19.7 Å². The van der Waals surface area contributed by atoms with Gasteiger partial charge in [-0.15, -0.1) is 0 Å². The third-order valence-corrected chi connectivity index (χ3v) is 4.60. The lowest BCUT2D eigenvalue weighted by Gasteiger charge is -2.28. The van der Waals surface area contributed by atoms with Gasteiger partial charge < -0.3 is 10.0 Å². The summed E-state index contributed by atoms with van der Waals surface area (Å²) in [7, 11) is 1.71. The van der Waals surface area contributed by atoms with Gasteiger partial charge in [-0.3, -0.25) is 14.9 Å². The van der Waals surface area contributed by atoms with Crippen molar-refractivity contribution in [2.45, 2.75) is 31.7 Å². The standard InChI is InChI=1S/C16H18N2O5/c1-17(14(9-2-3-9)10-4-5-10)15(19)11-6-12(16(20)21)8-13(7-11)18(22)23/h6-10,14H,2-5H2,1H3,(H,20,21). The van der Waals surface area contributed by atoms with Crippen LogP contribution in [0, 0.1) is 22.0 Å². The van der Waals surface area contributed by atoms with Crippen LogP contribution in [0.3, 0.4) is 0 Å². The second-order valence-electron chi connectivity index (χ2n) is 6.41. The molecule has 1 amide bonds. The fourth-order valence-corrected chi connectivity index (χ4v) is 3.20. The molecule has 0 spiro atoms. The van der Waals surface area contributed by atoms with Crippen LogP contribution in [0.5, 0.6) is 0 Å². The first-order valence-electron chi connectivity index (χ1n) is 7.68. The predicted molar refractivity (Wildman–Crippen MR) is 81.4 cm³/mol. The van der Waals surface area contributed by atoms with Crippen LogP contribution in [0.25, 0.3) is 0 Å². The number of rotatable bonds is 6. The first-order valence-corrected chi connectivity index (χ1v) is 7.68. The molecule has 0 bridgehead atoms. The third-order valence-electron chi connectivity index (χ3n) is 4.60. The molecule has 0 heterocycles. The van der Waals surface area contributed by atoms with Gasteiger partial charge in [-0.05, 0) is 43.6 Å². The molecule has 3 rings (SSSR count). The van der Waals surface area contributed by atoms with Crippen LogP contribution in [0.15, 0.2) is 18.2 Å². The molecule has 122 valence electrons. The molecule has 1 aromatic carbocycles. The molecule has 0 saturated heterocycles. The summed E-state index contributed by atoms with van der Waals surface area (Å²) in [6, 6.07) is 3.50. The van der Waals surface area contributed by atoms with E-state index >= 15 is 0 Å². The third kappa shape index (κ3) is 3.18. The zero-order chi connectivity index (χ0) is 16.7. The lowest BCUT2D eigenvalue weighted by Crippen LogP contribution is -2.40. The maximum Gasteiger partial charge on any atom is 0.335 e. The summed E-state index contributed by atoms with van der Waals surface area (Å²) in [5, 5.41) is 20.1. The Kier molecular flexibility index (Phi) is 3.79. The minimum Gasteiger partial charge on any atom is -0.478 e. The van der Waals surface area contributed by atoms with Crippen LogP contribution in [-0.4, -0.2) is 39.9 Å². The summed E-state index contributed by atoms with van der Waals surface area (Å²) in [6.07, 6.45) is 4.42. The highest BCUT2D eigenvalue weighted by Gasteiger charge is 2.45. The van der Waals surface area contributed by atoms with Crippen LogP contribution in [0.1, 0.15) is 46.4 Å². The van der Waals surface area contributed by atoms with Crippen molar-refractivity contribution in [1.29, 1.82) is 0 Å². The number of carbonyl (C=O) groups is 2. The van der Waals surface area contributed by atoms with Crippen molar-refractivity contribution in [3.63, 3.8) is 0 Å². The number of hydrogen-bond acceptors (Lipinski definition) is 4. The monoisotopic (exact) mass is 318 g/mol. The Morgan fingerprint density at radius 3 is 2.13 bits per heavy atom. The van der Waals surface area contributed by atoms with E-state index in [1.54, 1.807) is 11.9 Å². The molecule has 2 aliphatic rings. The molecule has 0 aromatic heterocycles. The predicted octanol–water partition coefficient (Wildman–Crippen LogP) is 2.55. The average Bonchev–Trinajstić information content (AvgIpc) is 3.40. The topological polar surface area (TPSA) is 101 Å². The molecule has 0 radical (unpaired) electrons. The quantitative estimate of drug-likeness (QED) is 0.641. The van der Waals surface area contributed by atoms with Crippen molar-refractivity contribution in [3.8, 4) is 0 Å². The first kappa shape index (κ1) is 15.5. The molecular weight excluding hydrogens is 300 g/mol. The number of hydrogen-bond donors (Lipinski definition) is 1. The highest BCUT2D eigenvalue weighted by atomic mass is 16.6. The van der Waals surface area contributed by atoms with Crippen LogP contribution >= 0.6 is 0 Å². The number of aromatic carboxylic acids is 1. The number of nitro benzene ring substituents is 1. The second-order valence-corrected chi connectivity index (χ2v) is 6.41. The Morgan fingerprint density at radius 1 is 1.17 bits per heavy atom. The maximum absolute atomic E-state index is 12.7. The normalized spacial score (nSPS) is 17.1. The molecule has 0 unspecified atom stereocenters. The van der Waals surface area contributed by atoms with Gasteiger partial charge in [-0.1, -0.05) is 0 Å². The van der Waals surface area contributed by atoms with Crippen molar-refractivity contribution in [2.75, 3.05) is 7.05 Å². The lowest BCUT2D eigenvalue weighted by molar-refractivity contribution is -0.384. The number of nitro groups is 1. The van der Waals surface area contributed by atoms with E-state index in [-0.39, 0.29) is 28.8 Å². The van der Waals surface area contributed by atoms with Gasteiger partial charge in [0.2, 0.25) is 0 Å². The van der Waals surface area contributed by atoms with E-state index < -0.39 is 10.9 Å². The van der Waals surface area contributed by atoms with Crippen LogP contribution in [0.2, 0.25) is 0 Å². The molecule has 0 atom stereocenters. The number of benzene rings is 1. The summed E-state index contributed by atoms with van der Waals surface area (Å²) < 4.78 is 0. The van der Waals surface area contributed by atoms with Crippen molar-refractivity contribution in [2.24, 2.45) is 11.8 Å². The number of carbonyl (C=O) groups excluding carboxylic acids is 1. The number of carboxylic acids is 1. The van der Waals surface area contributed by atoms with Gasteiger partial charge in [0.15, 0.2) is 0 Å². The zero-order valence-electron chi connectivity index (χ0n) is 12.8. The van der Waals surface area contributed by atoms with Crippen LogP contribution in [-0.2, 0) is 0 Å². The van der Waals surface area contributed by atoms with Crippen molar-refractivity contribution in [1.82, 2.24) is 4.90 Å². The molecule has 7 nitrogen and oxygen atoms in total. The van der Waals surface area contributed by atoms with E-state index in [0.29, 0.717) is 11.8 Å². The van der Waals surface area contributed by atoms with Crippen molar-refractivity contribution < 1.29 is 19.6 Å². The van der Waals surface area contributed by atoms with Gasteiger partial charge in [-0.25, -0.2) is 4.79 Å². The maximum atomic E-state index is 12.7. The van der Waals surface area contributed by atoms with E-state index in [1.807, 2.05) is 0 Å². The van der Waals surface area contributed by atoms with E-state index in [2.05, 4.69) is 0 Å². The summed E-state index contributed by atoms with van der Waals surface area (Å²) in [5.74, 6) is -0.616. The molecule has 1 aromatic rings. The molecule has 23 heavy (non-hydrogen) atoms. The smallest absolute Gasteiger partial charge is 0.335 e. The van der Waals surface area contributed by atoms with Gasteiger partial charge in [0.05, 0.1) is 10.5 Å². The summed E-state index contributed by atoms with van der Waals surface area (Å²) >= 11 is 0. The molecule has 2 fully saturated rings. The average molecular weight is 318 g/mol. The van der Waals surface area contributed by atoms with Gasteiger partial charge >= 0.3 is 5.97 Å². The van der Waals surface area contributed by atoms with Gasteiger partial charge in [0, 0.05) is 30.8 Å². The Balaban J connectivity index is 1.91. The number of nitrogens with zero attached hydrogens (tertiary/aromatic N) is 2. The highest BCUT2D eigenvalue weighted by Crippen LogP contribution is 2.47. The van der Waals surface area contributed by atoms with Gasteiger partial charge in [0.1, 0.15) is 0 Å². The van der Waals surface area contributed by atoms with E-state index in [4.69, 9.17) is 5.11 Å². The Hall–Kier alpha value is -2.44.